The van der Waals surface area contributed by atoms with Crippen LogP contribution in [0.3, 0.4) is 0 Å². The van der Waals surface area contributed by atoms with Crippen molar-refractivity contribution in [2.75, 3.05) is 25.0 Å². The molecule has 6 heteroatoms. The van der Waals surface area contributed by atoms with Crippen LogP contribution in [0.15, 0.2) is 30.3 Å². The fourth-order valence-electron chi connectivity index (χ4n) is 2.57. The molecule has 1 aromatic carbocycles. The van der Waals surface area contributed by atoms with Crippen molar-refractivity contribution < 1.29 is 9.59 Å². The Balaban J connectivity index is 1.75. The zero-order chi connectivity index (χ0) is 16.8. The molecule has 1 saturated heterocycles. The molecule has 1 fully saturated rings. The van der Waals surface area contributed by atoms with Crippen molar-refractivity contribution in [2.24, 2.45) is 11.7 Å². The maximum Gasteiger partial charge on any atom is 0.242 e. The Bertz CT molecular complexity index is 533. The van der Waals surface area contributed by atoms with E-state index in [1.54, 1.807) is 4.90 Å². The van der Waals surface area contributed by atoms with Gasteiger partial charge in [-0.3, -0.25) is 9.59 Å². The minimum atomic E-state index is -0.575. The number of rotatable bonds is 6. The number of carbonyl (C=O) groups excluding carboxylic acids is 2. The van der Waals surface area contributed by atoms with Crippen molar-refractivity contribution >= 4 is 17.5 Å². The maximum absolute atomic E-state index is 12.2. The Morgan fingerprint density at radius 2 is 2.00 bits per heavy atom. The number of hydrogen-bond donors (Lipinski definition) is 3. The first-order valence-electron chi connectivity index (χ1n) is 8.10. The van der Waals surface area contributed by atoms with Crippen molar-refractivity contribution in [3.8, 4) is 0 Å². The average molecular weight is 318 g/mol. The van der Waals surface area contributed by atoms with Crippen molar-refractivity contribution in [1.82, 2.24) is 10.2 Å². The normalized spacial score (nSPS) is 18.8. The summed E-state index contributed by atoms with van der Waals surface area (Å²) in [6, 6.07) is 9.63. The topological polar surface area (TPSA) is 87.5 Å². The molecule has 0 saturated carbocycles. The van der Waals surface area contributed by atoms with Crippen molar-refractivity contribution in [2.45, 2.75) is 32.4 Å². The molecule has 6 nitrogen and oxygen atoms in total. The zero-order valence-electron chi connectivity index (χ0n) is 13.8. The molecule has 1 aliphatic heterocycles. The van der Waals surface area contributed by atoms with Crippen LogP contribution in [0.2, 0.25) is 0 Å². The maximum atomic E-state index is 12.2. The van der Waals surface area contributed by atoms with Crippen LogP contribution in [-0.2, 0) is 9.59 Å². The van der Waals surface area contributed by atoms with Gasteiger partial charge in [-0.1, -0.05) is 32.0 Å². The molecule has 1 unspecified atom stereocenters. The minimum absolute atomic E-state index is 0.0112. The summed E-state index contributed by atoms with van der Waals surface area (Å²) in [4.78, 5) is 25.8. The second kappa shape index (κ2) is 7.97. The number of anilines is 1. The van der Waals surface area contributed by atoms with Gasteiger partial charge in [0.2, 0.25) is 11.8 Å². The molecule has 0 radical (unpaired) electrons. The third kappa shape index (κ3) is 4.96. The quantitative estimate of drug-likeness (QED) is 0.724. The van der Waals surface area contributed by atoms with Gasteiger partial charge in [-0.15, -0.1) is 0 Å². The molecule has 0 aliphatic carbocycles. The van der Waals surface area contributed by atoms with E-state index in [9.17, 15) is 9.59 Å². The molecule has 4 N–H and O–H groups in total. The molecule has 1 heterocycles. The summed E-state index contributed by atoms with van der Waals surface area (Å²) in [6.07, 6.45) is 0.903. The van der Waals surface area contributed by atoms with Crippen LogP contribution < -0.4 is 16.4 Å². The van der Waals surface area contributed by atoms with Gasteiger partial charge in [0, 0.05) is 24.8 Å². The summed E-state index contributed by atoms with van der Waals surface area (Å²) < 4.78 is 0. The van der Waals surface area contributed by atoms with Gasteiger partial charge in [-0.05, 0) is 24.5 Å². The van der Waals surface area contributed by atoms with Gasteiger partial charge < -0.3 is 21.3 Å². The Hall–Kier alpha value is -2.08. The van der Waals surface area contributed by atoms with Crippen LogP contribution in [0.4, 0.5) is 5.69 Å². The molecule has 2 amide bonds. The van der Waals surface area contributed by atoms with Crippen molar-refractivity contribution in [3.05, 3.63) is 30.3 Å². The smallest absolute Gasteiger partial charge is 0.242 e. The van der Waals surface area contributed by atoms with Gasteiger partial charge in [0.05, 0.1) is 12.6 Å². The van der Waals surface area contributed by atoms with Crippen LogP contribution in [0.25, 0.3) is 0 Å². The van der Waals surface area contributed by atoms with E-state index in [1.165, 1.54) is 0 Å². The van der Waals surface area contributed by atoms with Gasteiger partial charge >= 0.3 is 0 Å². The van der Waals surface area contributed by atoms with Gasteiger partial charge in [-0.25, -0.2) is 0 Å². The fourth-order valence-corrected chi connectivity index (χ4v) is 2.57. The molecule has 1 aliphatic rings. The number of hydrogen-bond acceptors (Lipinski definition) is 4. The average Bonchev–Trinajstić information content (AvgIpc) is 3.01. The fraction of sp³-hybridized carbons (Fsp3) is 0.529. The summed E-state index contributed by atoms with van der Waals surface area (Å²) >= 11 is 0. The van der Waals surface area contributed by atoms with Gasteiger partial charge in [-0.2, -0.15) is 0 Å². The van der Waals surface area contributed by atoms with Crippen molar-refractivity contribution in [3.63, 3.8) is 0 Å². The summed E-state index contributed by atoms with van der Waals surface area (Å²) in [6.45, 7) is 5.13. The number of nitrogens with two attached hydrogens (primary N) is 1. The van der Waals surface area contributed by atoms with Crippen LogP contribution in [0.5, 0.6) is 0 Å². The van der Waals surface area contributed by atoms with Crippen LogP contribution in [-0.4, -0.2) is 48.4 Å². The number of carbonyl (C=O) groups is 2. The van der Waals surface area contributed by atoms with E-state index in [0.717, 1.165) is 12.1 Å². The molecule has 126 valence electrons. The van der Waals surface area contributed by atoms with Gasteiger partial charge in [0.15, 0.2) is 0 Å². The van der Waals surface area contributed by atoms with E-state index in [1.807, 2.05) is 44.2 Å². The molecule has 0 spiro atoms. The zero-order valence-corrected chi connectivity index (χ0v) is 13.8. The lowest BCUT2D eigenvalue weighted by atomic mass is 10.1. The summed E-state index contributed by atoms with van der Waals surface area (Å²) in [5.74, 6) is -0.283. The second-order valence-electron chi connectivity index (χ2n) is 6.32. The van der Waals surface area contributed by atoms with Crippen LogP contribution >= 0.6 is 0 Å². The summed E-state index contributed by atoms with van der Waals surface area (Å²) in [5, 5.41) is 6.05. The van der Waals surface area contributed by atoms with Crippen molar-refractivity contribution in [1.29, 1.82) is 0 Å². The summed E-state index contributed by atoms with van der Waals surface area (Å²) in [5.41, 5.74) is 6.82. The standard InChI is InChI=1S/C17H26N4O2/c1-12(2)16(18)17(23)19-10-15(22)21-9-8-14(11-21)20-13-6-4-3-5-7-13/h3-7,12,14,16,20H,8-11,18H2,1-2H3,(H,19,23)/t14?,16-/m0/s1. The first-order valence-corrected chi connectivity index (χ1v) is 8.10. The lowest BCUT2D eigenvalue weighted by molar-refractivity contribution is -0.132. The highest BCUT2D eigenvalue weighted by molar-refractivity contribution is 5.87. The van der Waals surface area contributed by atoms with Gasteiger partial charge in [0.25, 0.3) is 0 Å². The van der Waals surface area contributed by atoms with Crippen LogP contribution in [0.1, 0.15) is 20.3 Å². The Labute approximate surface area is 137 Å². The Kier molecular flexibility index (Phi) is 5.98. The predicted octanol–water partition coefficient (Wildman–Crippen LogP) is 0.799. The van der Waals surface area contributed by atoms with E-state index in [0.29, 0.717) is 13.1 Å². The predicted molar refractivity (Wildman–Crippen MR) is 90.9 cm³/mol. The first-order chi connectivity index (χ1) is 11.0. The third-order valence-corrected chi connectivity index (χ3v) is 4.12. The third-order valence-electron chi connectivity index (χ3n) is 4.12. The number of likely N-dealkylation sites (tertiary alicyclic amines) is 1. The summed E-state index contributed by atoms with van der Waals surface area (Å²) in [7, 11) is 0. The molecule has 0 aromatic heterocycles. The number of nitrogens with one attached hydrogen (secondary N) is 2. The lowest BCUT2D eigenvalue weighted by Crippen LogP contribution is -2.47. The van der Waals surface area contributed by atoms with E-state index < -0.39 is 6.04 Å². The number of amides is 2. The van der Waals surface area contributed by atoms with Crippen LogP contribution in [0, 0.1) is 5.92 Å². The molecule has 2 rings (SSSR count). The van der Waals surface area contributed by atoms with E-state index >= 15 is 0 Å². The second-order valence-corrected chi connectivity index (χ2v) is 6.32. The molecule has 2 atom stereocenters. The molecular weight excluding hydrogens is 292 g/mol. The SMILES string of the molecule is CC(C)[C@H](N)C(=O)NCC(=O)N1CCC(Nc2ccccc2)C1. The number of para-hydroxylation sites is 1. The molecule has 1 aromatic rings. The highest BCUT2D eigenvalue weighted by Gasteiger charge is 2.26. The highest BCUT2D eigenvalue weighted by atomic mass is 16.2. The minimum Gasteiger partial charge on any atom is -0.380 e. The Morgan fingerprint density at radius 1 is 1.30 bits per heavy atom. The molecule has 23 heavy (non-hydrogen) atoms. The first kappa shape index (κ1) is 17.3. The van der Waals surface area contributed by atoms with E-state index in [-0.39, 0.29) is 30.3 Å². The number of benzene rings is 1. The van der Waals surface area contributed by atoms with E-state index in [2.05, 4.69) is 10.6 Å². The monoisotopic (exact) mass is 318 g/mol. The largest absolute Gasteiger partial charge is 0.380 e. The molecular formula is C17H26N4O2. The Morgan fingerprint density at radius 3 is 2.65 bits per heavy atom. The number of nitrogens with zero attached hydrogens (tertiary/aromatic N) is 1. The lowest BCUT2D eigenvalue weighted by Gasteiger charge is -2.19. The van der Waals surface area contributed by atoms with E-state index in [4.69, 9.17) is 5.73 Å². The highest BCUT2D eigenvalue weighted by Crippen LogP contribution is 2.15. The molecule has 0 bridgehead atoms. The van der Waals surface area contributed by atoms with Gasteiger partial charge in [0.1, 0.15) is 0 Å².